The van der Waals surface area contributed by atoms with Crippen LogP contribution in [0.2, 0.25) is 0 Å². The van der Waals surface area contributed by atoms with Gasteiger partial charge in [-0.25, -0.2) is 0 Å². The highest BCUT2D eigenvalue weighted by Gasteiger charge is 2.08. The lowest BCUT2D eigenvalue weighted by Gasteiger charge is -2.10. The van der Waals surface area contributed by atoms with Crippen LogP contribution in [0.3, 0.4) is 0 Å². The minimum atomic E-state index is -0.0247. The van der Waals surface area contributed by atoms with Gasteiger partial charge in [0.25, 0.3) is 0 Å². The topological polar surface area (TPSA) is 22.1 Å². The fraction of sp³-hybridized carbons (Fsp3) is 0.214. The van der Waals surface area contributed by atoms with Crippen molar-refractivity contribution in [3.63, 3.8) is 0 Å². The Hall–Kier alpha value is -1.54. The average Bonchev–Trinajstić information content (AvgIpc) is 2.40. The van der Waals surface area contributed by atoms with E-state index in [0.29, 0.717) is 0 Å². The number of rotatable bonds is 4. The summed E-state index contributed by atoms with van der Waals surface area (Å²) >= 11 is 6.38. The molecule has 0 saturated heterocycles. The Labute approximate surface area is 106 Å². The summed E-state index contributed by atoms with van der Waals surface area (Å²) < 4.78 is 5.12. The highest BCUT2D eigenvalue weighted by atomic mass is 35.5. The Bertz CT molecular complexity index is 455. The highest BCUT2D eigenvalue weighted by Crippen LogP contribution is 2.26. The standard InChI is InChI=1S/C14H14ClNO/c1-17-13-4-2-12(3-5-13)14(15)10-11-6-8-16-9-7-11/h2-9,14H,10H2,1H3. The van der Waals surface area contributed by atoms with Gasteiger partial charge in [-0.15, -0.1) is 11.6 Å². The molecule has 2 aromatic rings. The second-order valence-electron chi connectivity index (χ2n) is 3.80. The lowest BCUT2D eigenvalue weighted by Crippen LogP contribution is -1.96. The van der Waals surface area contributed by atoms with Crippen LogP contribution in [0.1, 0.15) is 16.5 Å². The number of methoxy groups -OCH3 is 1. The van der Waals surface area contributed by atoms with Gasteiger partial charge in [-0.05, 0) is 41.8 Å². The van der Waals surface area contributed by atoms with E-state index < -0.39 is 0 Å². The summed E-state index contributed by atoms with van der Waals surface area (Å²) in [6.45, 7) is 0. The molecule has 0 saturated carbocycles. The normalized spacial score (nSPS) is 12.1. The molecular weight excluding hydrogens is 234 g/mol. The van der Waals surface area contributed by atoms with Crippen molar-refractivity contribution in [3.05, 3.63) is 59.9 Å². The minimum absolute atomic E-state index is 0.0247. The first-order valence-corrected chi connectivity index (χ1v) is 5.90. The van der Waals surface area contributed by atoms with Gasteiger partial charge in [0.15, 0.2) is 0 Å². The van der Waals surface area contributed by atoms with Crippen molar-refractivity contribution in [1.82, 2.24) is 4.98 Å². The van der Waals surface area contributed by atoms with Crippen molar-refractivity contribution in [3.8, 4) is 5.75 Å². The quantitative estimate of drug-likeness (QED) is 0.770. The molecule has 1 atom stereocenters. The van der Waals surface area contributed by atoms with Crippen LogP contribution in [-0.2, 0) is 6.42 Å². The first-order valence-electron chi connectivity index (χ1n) is 5.46. The third kappa shape index (κ3) is 3.21. The molecule has 2 rings (SSSR count). The molecule has 0 aliphatic carbocycles. The fourth-order valence-corrected chi connectivity index (χ4v) is 1.98. The predicted octanol–water partition coefficient (Wildman–Crippen LogP) is 3.61. The van der Waals surface area contributed by atoms with Crippen LogP contribution < -0.4 is 4.74 Å². The van der Waals surface area contributed by atoms with Crippen LogP contribution in [0.15, 0.2) is 48.8 Å². The Balaban J connectivity index is 2.06. The van der Waals surface area contributed by atoms with E-state index in [9.17, 15) is 0 Å². The summed E-state index contributed by atoms with van der Waals surface area (Å²) in [5, 5.41) is -0.0247. The summed E-state index contributed by atoms with van der Waals surface area (Å²) in [5.41, 5.74) is 2.29. The molecule has 3 heteroatoms. The maximum atomic E-state index is 6.38. The first kappa shape index (κ1) is 11.9. The molecule has 88 valence electrons. The van der Waals surface area contributed by atoms with Crippen molar-refractivity contribution in [1.29, 1.82) is 0 Å². The van der Waals surface area contributed by atoms with E-state index in [1.165, 1.54) is 5.56 Å². The third-order valence-corrected chi connectivity index (χ3v) is 3.05. The molecule has 0 bridgehead atoms. The van der Waals surface area contributed by atoms with Gasteiger partial charge < -0.3 is 4.74 Å². The van der Waals surface area contributed by atoms with Gasteiger partial charge in [-0.2, -0.15) is 0 Å². The van der Waals surface area contributed by atoms with Gasteiger partial charge in [0.2, 0.25) is 0 Å². The summed E-state index contributed by atoms with van der Waals surface area (Å²) in [4.78, 5) is 3.99. The highest BCUT2D eigenvalue weighted by molar-refractivity contribution is 6.20. The molecule has 0 aliphatic heterocycles. The summed E-state index contributed by atoms with van der Waals surface area (Å²) in [6, 6.07) is 11.8. The number of pyridine rings is 1. The van der Waals surface area contributed by atoms with E-state index in [1.807, 2.05) is 36.4 Å². The molecule has 0 spiro atoms. The molecule has 2 nitrogen and oxygen atoms in total. The smallest absolute Gasteiger partial charge is 0.118 e. The molecule has 1 unspecified atom stereocenters. The number of ether oxygens (including phenoxy) is 1. The van der Waals surface area contributed by atoms with Gasteiger partial charge in [0.1, 0.15) is 5.75 Å². The van der Waals surface area contributed by atoms with Crippen molar-refractivity contribution in [2.24, 2.45) is 0 Å². The van der Waals surface area contributed by atoms with Crippen LogP contribution >= 0.6 is 11.6 Å². The average molecular weight is 248 g/mol. The van der Waals surface area contributed by atoms with Gasteiger partial charge in [-0.3, -0.25) is 4.98 Å². The van der Waals surface area contributed by atoms with E-state index in [2.05, 4.69) is 4.98 Å². The Kier molecular flexibility index (Phi) is 3.99. The lowest BCUT2D eigenvalue weighted by atomic mass is 10.0. The van der Waals surface area contributed by atoms with E-state index in [1.54, 1.807) is 19.5 Å². The lowest BCUT2D eigenvalue weighted by molar-refractivity contribution is 0.414. The maximum absolute atomic E-state index is 6.38. The molecule has 1 aromatic carbocycles. The van der Waals surface area contributed by atoms with Crippen LogP contribution in [0, 0.1) is 0 Å². The fourth-order valence-electron chi connectivity index (χ4n) is 1.66. The third-order valence-electron chi connectivity index (χ3n) is 2.64. The number of hydrogen-bond donors (Lipinski definition) is 0. The molecule has 1 aromatic heterocycles. The number of nitrogens with zero attached hydrogens (tertiary/aromatic N) is 1. The molecule has 0 fully saturated rings. The van der Waals surface area contributed by atoms with Gasteiger partial charge in [0, 0.05) is 12.4 Å². The van der Waals surface area contributed by atoms with E-state index in [0.717, 1.165) is 17.7 Å². The molecule has 0 amide bonds. The number of aromatic nitrogens is 1. The minimum Gasteiger partial charge on any atom is -0.497 e. The second-order valence-corrected chi connectivity index (χ2v) is 4.33. The largest absolute Gasteiger partial charge is 0.497 e. The Morgan fingerprint density at radius 2 is 1.76 bits per heavy atom. The van der Waals surface area contributed by atoms with Crippen LogP contribution in [0.5, 0.6) is 5.75 Å². The van der Waals surface area contributed by atoms with E-state index in [4.69, 9.17) is 16.3 Å². The molecule has 17 heavy (non-hydrogen) atoms. The number of alkyl halides is 1. The zero-order valence-electron chi connectivity index (χ0n) is 9.64. The van der Waals surface area contributed by atoms with Gasteiger partial charge in [0.05, 0.1) is 12.5 Å². The van der Waals surface area contributed by atoms with Crippen LogP contribution in [-0.4, -0.2) is 12.1 Å². The Morgan fingerprint density at radius 1 is 1.12 bits per heavy atom. The van der Waals surface area contributed by atoms with Crippen LogP contribution in [0.25, 0.3) is 0 Å². The summed E-state index contributed by atoms with van der Waals surface area (Å²) in [5.74, 6) is 0.849. The Morgan fingerprint density at radius 3 is 2.35 bits per heavy atom. The summed E-state index contributed by atoms with van der Waals surface area (Å²) in [7, 11) is 1.66. The molecule has 0 radical (unpaired) electrons. The number of hydrogen-bond acceptors (Lipinski definition) is 2. The van der Waals surface area contributed by atoms with Gasteiger partial charge >= 0.3 is 0 Å². The van der Waals surface area contributed by atoms with Crippen LogP contribution in [0.4, 0.5) is 0 Å². The van der Waals surface area contributed by atoms with Crippen molar-refractivity contribution >= 4 is 11.6 Å². The SMILES string of the molecule is COc1ccc(C(Cl)Cc2ccncc2)cc1. The molecule has 0 aliphatic rings. The first-order chi connectivity index (χ1) is 8.29. The predicted molar refractivity (Wildman–Crippen MR) is 69.5 cm³/mol. The number of benzene rings is 1. The van der Waals surface area contributed by atoms with E-state index in [-0.39, 0.29) is 5.38 Å². The molecular formula is C14H14ClNO. The van der Waals surface area contributed by atoms with Crippen molar-refractivity contribution in [2.75, 3.05) is 7.11 Å². The number of halogens is 1. The second kappa shape index (κ2) is 5.69. The van der Waals surface area contributed by atoms with Crippen molar-refractivity contribution in [2.45, 2.75) is 11.8 Å². The maximum Gasteiger partial charge on any atom is 0.118 e. The van der Waals surface area contributed by atoms with E-state index >= 15 is 0 Å². The molecule has 1 heterocycles. The van der Waals surface area contributed by atoms with Crippen molar-refractivity contribution < 1.29 is 4.74 Å². The van der Waals surface area contributed by atoms with Gasteiger partial charge in [-0.1, -0.05) is 12.1 Å². The zero-order valence-corrected chi connectivity index (χ0v) is 10.4. The summed E-state index contributed by atoms with van der Waals surface area (Å²) in [6.07, 6.45) is 4.37. The zero-order chi connectivity index (χ0) is 12.1. The monoisotopic (exact) mass is 247 g/mol. The molecule has 0 N–H and O–H groups in total.